The lowest BCUT2D eigenvalue weighted by molar-refractivity contribution is -0.121. The Morgan fingerprint density at radius 1 is 1.17 bits per heavy atom. The SMILES string of the molecule is CC(Cc1ccco1)NC(=O)CCCn1c(=O)c2cccn2c2ccc(Br)cc21. The fourth-order valence-electron chi connectivity index (χ4n) is 3.68. The van der Waals surface area contributed by atoms with Gasteiger partial charge in [-0.25, -0.2) is 0 Å². The summed E-state index contributed by atoms with van der Waals surface area (Å²) in [5, 5.41) is 2.99. The molecule has 4 aromatic rings. The molecule has 0 aliphatic rings. The van der Waals surface area contributed by atoms with Crippen molar-refractivity contribution in [2.24, 2.45) is 0 Å². The number of hydrogen-bond donors (Lipinski definition) is 1. The number of furan rings is 1. The first-order valence-corrected chi connectivity index (χ1v) is 10.4. The van der Waals surface area contributed by atoms with E-state index in [-0.39, 0.29) is 17.5 Å². The van der Waals surface area contributed by atoms with Crippen molar-refractivity contribution < 1.29 is 9.21 Å². The largest absolute Gasteiger partial charge is 0.469 e. The van der Waals surface area contributed by atoms with Gasteiger partial charge in [-0.2, -0.15) is 0 Å². The minimum atomic E-state index is -0.0489. The van der Waals surface area contributed by atoms with Gasteiger partial charge in [0.1, 0.15) is 11.3 Å². The van der Waals surface area contributed by atoms with E-state index in [0.717, 1.165) is 21.3 Å². The van der Waals surface area contributed by atoms with Crippen LogP contribution in [-0.4, -0.2) is 20.9 Å². The molecule has 1 atom stereocenters. The standard InChI is InChI=1S/C22H22BrN3O3/c1-15(13-17-5-4-12-29-17)24-21(27)7-3-11-26-20-14-16(23)8-9-18(20)25-10-2-6-19(25)22(26)28/h2,4-6,8-10,12,14-15H,3,7,11,13H2,1H3,(H,24,27). The first-order chi connectivity index (χ1) is 14.0. The van der Waals surface area contributed by atoms with E-state index >= 15 is 0 Å². The van der Waals surface area contributed by atoms with Crippen molar-refractivity contribution >= 4 is 38.4 Å². The van der Waals surface area contributed by atoms with Gasteiger partial charge in [-0.15, -0.1) is 0 Å². The lowest BCUT2D eigenvalue weighted by Crippen LogP contribution is -2.34. The van der Waals surface area contributed by atoms with Gasteiger partial charge in [-0.1, -0.05) is 15.9 Å². The predicted molar refractivity (Wildman–Crippen MR) is 116 cm³/mol. The number of carbonyl (C=O) groups is 1. The summed E-state index contributed by atoms with van der Waals surface area (Å²) in [6.45, 7) is 2.43. The molecule has 7 heteroatoms. The number of aryl methyl sites for hydroxylation is 1. The first kappa shape index (κ1) is 19.5. The zero-order valence-electron chi connectivity index (χ0n) is 16.1. The number of hydrogen-bond acceptors (Lipinski definition) is 3. The summed E-state index contributed by atoms with van der Waals surface area (Å²) in [5.74, 6) is 0.827. The van der Waals surface area contributed by atoms with Crippen LogP contribution in [0.1, 0.15) is 25.5 Å². The Bertz CT molecular complexity index is 1210. The van der Waals surface area contributed by atoms with Crippen LogP contribution >= 0.6 is 15.9 Å². The fraction of sp³-hybridized carbons (Fsp3) is 0.273. The molecular weight excluding hydrogens is 434 g/mol. The molecule has 29 heavy (non-hydrogen) atoms. The second kappa shape index (κ2) is 8.29. The van der Waals surface area contributed by atoms with Gasteiger partial charge in [0, 0.05) is 36.1 Å². The smallest absolute Gasteiger partial charge is 0.275 e. The highest BCUT2D eigenvalue weighted by Gasteiger charge is 2.13. The first-order valence-electron chi connectivity index (χ1n) is 9.64. The average Bonchev–Trinajstić information content (AvgIpc) is 3.36. The van der Waals surface area contributed by atoms with Gasteiger partial charge in [0.25, 0.3) is 5.56 Å². The maximum absolute atomic E-state index is 13.0. The maximum atomic E-state index is 13.0. The molecule has 0 saturated carbocycles. The van der Waals surface area contributed by atoms with Gasteiger partial charge in [-0.05, 0) is 55.8 Å². The number of halogens is 1. The highest BCUT2D eigenvalue weighted by atomic mass is 79.9. The molecule has 3 aromatic heterocycles. The van der Waals surface area contributed by atoms with Crippen LogP contribution in [0.2, 0.25) is 0 Å². The van der Waals surface area contributed by atoms with Crippen LogP contribution in [0, 0.1) is 0 Å². The van der Waals surface area contributed by atoms with Crippen molar-refractivity contribution in [1.29, 1.82) is 0 Å². The zero-order chi connectivity index (χ0) is 20.4. The van der Waals surface area contributed by atoms with Crippen LogP contribution in [0.3, 0.4) is 0 Å². The van der Waals surface area contributed by atoms with E-state index in [9.17, 15) is 9.59 Å². The average molecular weight is 456 g/mol. The number of rotatable bonds is 7. The van der Waals surface area contributed by atoms with Gasteiger partial charge < -0.3 is 18.7 Å². The normalized spacial score (nSPS) is 12.5. The van der Waals surface area contributed by atoms with Crippen molar-refractivity contribution in [3.8, 4) is 0 Å². The molecule has 4 rings (SSSR count). The molecule has 0 saturated heterocycles. The molecule has 6 nitrogen and oxygen atoms in total. The van der Waals surface area contributed by atoms with Crippen molar-refractivity contribution in [1.82, 2.24) is 14.3 Å². The number of benzene rings is 1. The molecule has 0 radical (unpaired) electrons. The van der Waals surface area contributed by atoms with Gasteiger partial charge in [0.15, 0.2) is 0 Å². The van der Waals surface area contributed by atoms with Crippen LogP contribution in [0.15, 0.2) is 68.6 Å². The molecule has 1 aromatic carbocycles. The van der Waals surface area contributed by atoms with E-state index in [1.807, 2.05) is 60.0 Å². The van der Waals surface area contributed by atoms with Gasteiger partial charge in [0.05, 0.1) is 17.3 Å². The Labute approximate surface area is 176 Å². The number of carbonyl (C=O) groups excluding carboxylic acids is 1. The van der Waals surface area contributed by atoms with E-state index in [4.69, 9.17) is 4.42 Å². The highest BCUT2D eigenvalue weighted by molar-refractivity contribution is 9.10. The molecule has 1 amide bonds. The summed E-state index contributed by atoms with van der Waals surface area (Å²) in [5.41, 5.74) is 2.40. The van der Waals surface area contributed by atoms with Crippen molar-refractivity contribution in [2.75, 3.05) is 0 Å². The Morgan fingerprint density at radius 3 is 2.83 bits per heavy atom. The molecule has 0 aliphatic carbocycles. The summed E-state index contributed by atoms with van der Waals surface area (Å²) in [6, 6.07) is 13.3. The second-order valence-electron chi connectivity index (χ2n) is 7.21. The highest BCUT2D eigenvalue weighted by Crippen LogP contribution is 2.20. The van der Waals surface area contributed by atoms with Crippen LogP contribution in [0.4, 0.5) is 0 Å². The van der Waals surface area contributed by atoms with Crippen LogP contribution < -0.4 is 10.9 Å². The minimum Gasteiger partial charge on any atom is -0.469 e. The van der Waals surface area contributed by atoms with E-state index in [0.29, 0.717) is 31.3 Å². The zero-order valence-corrected chi connectivity index (χ0v) is 17.7. The van der Waals surface area contributed by atoms with Crippen LogP contribution in [-0.2, 0) is 17.8 Å². The Kier molecular flexibility index (Phi) is 5.58. The third kappa shape index (κ3) is 4.15. The van der Waals surface area contributed by atoms with E-state index in [2.05, 4.69) is 21.2 Å². The summed E-state index contributed by atoms with van der Waals surface area (Å²) < 4.78 is 9.90. The van der Waals surface area contributed by atoms with Gasteiger partial charge in [0.2, 0.25) is 5.91 Å². The lowest BCUT2D eigenvalue weighted by atomic mass is 10.2. The third-order valence-electron chi connectivity index (χ3n) is 4.98. The Hall–Kier alpha value is -2.80. The molecule has 0 spiro atoms. The summed E-state index contributed by atoms with van der Waals surface area (Å²) in [6.07, 6.45) is 5.12. The van der Waals surface area contributed by atoms with Gasteiger partial charge in [-0.3, -0.25) is 9.59 Å². The van der Waals surface area contributed by atoms with Crippen LogP contribution in [0.25, 0.3) is 16.6 Å². The Balaban J connectivity index is 1.46. The molecule has 150 valence electrons. The Morgan fingerprint density at radius 2 is 2.03 bits per heavy atom. The summed E-state index contributed by atoms with van der Waals surface area (Å²) in [4.78, 5) is 25.3. The molecule has 0 aliphatic heterocycles. The fourth-order valence-corrected chi connectivity index (χ4v) is 4.03. The molecule has 1 N–H and O–H groups in total. The molecule has 0 bridgehead atoms. The number of aromatic nitrogens is 2. The monoisotopic (exact) mass is 455 g/mol. The maximum Gasteiger partial charge on any atom is 0.275 e. The molecular formula is C22H22BrN3O3. The quantitative estimate of drug-likeness (QED) is 0.455. The lowest BCUT2D eigenvalue weighted by Gasteiger charge is -2.14. The topological polar surface area (TPSA) is 68.7 Å². The number of fused-ring (bicyclic) bond motifs is 3. The van der Waals surface area contributed by atoms with E-state index in [1.54, 1.807) is 10.8 Å². The van der Waals surface area contributed by atoms with Gasteiger partial charge >= 0.3 is 0 Å². The molecule has 1 unspecified atom stereocenters. The number of amides is 1. The number of nitrogens with one attached hydrogen (secondary N) is 1. The molecule has 3 heterocycles. The second-order valence-corrected chi connectivity index (χ2v) is 8.12. The summed E-state index contributed by atoms with van der Waals surface area (Å²) >= 11 is 3.49. The van der Waals surface area contributed by atoms with E-state index < -0.39 is 0 Å². The number of nitrogens with zero attached hydrogens (tertiary/aromatic N) is 2. The van der Waals surface area contributed by atoms with Crippen molar-refractivity contribution in [3.63, 3.8) is 0 Å². The van der Waals surface area contributed by atoms with Crippen molar-refractivity contribution in [2.45, 2.75) is 38.8 Å². The van der Waals surface area contributed by atoms with Crippen molar-refractivity contribution in [3.05, 3.63) is 75.5 Å². The van der Waals surface area contributed by atoms with Crippen LogP contribution in [0.5, 0.6) is 0 Å². The van der Waals surface area contributed by atoms with E-state index in [1.165, 1.54) is 0 Å². The molecule has 0 fully saturated rings. The summed E-state index contributed by atoms with van der Waals surface area (Å²) in [7, 11) is 0. The third-order valence-corrected chi connectivity index (χ3v) is 5.47. The minimum absolute atomic E-state index is 0.00905. The predicted octanol–water partition coefficient (Wildman–Crippen LogP) is 4.14.